The van der Waals surface area contributed by atoms with Gasteiger partial charge in [0, 0.05) is 24.4 Å². The molecule has 2 aliphatic rings. The molecule has 1 saturated heterocycles. The maximum absolute atomic E-state index is 12.9. The van der Waals surface area contributed by atoms with Gasteiger partial charge in [-0.05, 0) is 38.7 Å². The Morgan fingerprint density at radius 1 is 1.40 bits per heavy atom. The Labute approximate surface area is 119 Å². The molecular weight excluding hydrogens is 254 g/mol. The summed E-state index contributed by atoms with van der Waals surface area (Å²) in [6.07, 6.45) is 2.71. The van der Waals surface area contributed by atoms with Crippen LogP contribution in [0.4, 0.5) is 5.69 Å². The first-order valence-electron chi connectivity index (χ1n) is 7.35. The first-order chi connectivity index (χ1) is 9.62. The number of hydrogen-bond donors (Lipinski definition) is 1. The molecule has 1 N–H and O–H groups in total. The highest BCUT2D eigenvalue weighted by Gasteiger charge is 2.42. The van der Waals surface area contributed by atoms with Gasteiger partial charge in [-0.15, -0.1) is 0 Å². The van der Waals surface area contributed by atoms with Gasteiger partial charge < -0.3 is 14.7 Å². The number of fused-ring (bicyclic) bond motifs is 1. The van der Waals surface area contributed by atoms with Crippen molar-refractivity contribution in [1.82, 2.24) is 0 Å². The molecular formula is C16H21NO3. The minimum Gasteiger partial charge on any atom is -0.388 e. The van der Waals surface area contributed by atoms with Gasteiger partial charge in [-0.25, -0.2) is 0 Å². The van der Waals surface area contributed by atoms with E-state index in [0.29, 0.717) is 19.6 Å². The summed E-state index contributed by atoms with van der Waals surface area (Å²) in [5, 5.41) is 10.2. The van der Waals surface area contributed by atoms with Crippen molar-refractivity contribution in [2.24, 2.45) is 0 Å². The molecule has 0 spiro atoms. The molecule has 4 nitrogen and oxygen atoms in total. The van der Waals surface area contributed by atoms with E-state index in [0.717, 1.165) is 30.5 Å². The lowest BCUT2D eigenvalue weighted by atomic mass is 9.99. The van der Waals surface area contributed by atoms with Crippen LogP contribution in [0.25, 0.3) is 0 Å². The second kappa shape index (κ2) is 5.19. The van der Waals surface area contributed by atoms with E-state index in [1.165, 1.54) is 0 Å². The van der Waals surface area contributed by atoms with Gasteiger partial charge in [-0.2, -0.15) is 0 Å². The predicted octanol–water partition coefficient (Wildman–Crippen LogP) is 2.42. The number of aliphatic hydroxyl groups excluding tert-OH is 1. The zero-order chi connectivity index (χ0) is 14.2. The van der Waals surface area contributed by atoms with Gasteiger partial charge in [-0.1, -0.05) is 18.2 Å². The van der Waals surface area contributed by atoms with Crippen molar-refractivity contribution in [3.05, 3.63) is 29.8 Å². The zero-order valence-electron chi connectivity index (χ0n) is 11.8. The van der Waals surface area contributed by atoms with Crippen molar-refractivity contribution in [3.63, 3.8) is 0 Å². The van der Waals surface area contributed by atoms with Gasteiger partial charge in [0.15, 0.2) is 0 Å². The van der Waals surface area contributed by atoms with Crippen LogP contribution in [0.3, 0.4) is 0 Å². The van der Waals surface area contributed by atoms with E-state index in [2.05, 4.69) is 0 Å². The van der Waals surface area contributed by atoms with Crippen LogP contribution in [0, 0.1) is 0 Å². The highest BCUT2D eigenvalue weighted by Crippen LogP contribution is 2.36. The Morgan fingerprint density at radius 2 is 2.20 bits per heavy atom. The van der Waals surface area contributed by atoms with Crippen molar-refractivity contribution >= 4 is 11.6 Å². The first-order valence-corrected chi connectivity index (χ1v) is 7.35. The van der Waals surface area contributed by atoms with E-state index in [9.17, 15) is 9.90 Å². The Morgan fingerprint density at radius 3 is 2.95 bits per heavy atom. The summed E-state index contributed by atoms with van der Waals surface area (Å²) in [5.74, 6) is 0.0246. The van der Waals surface area contributed by atoms with Crippen LogP contribution in [-0.2, 0) is 9.53 Å². The molecule has 0 aromatic heterocycles. The summed E-state index contributed by atoms with van der Waals surface area (Å²) in [6.45, 7) is 3.18. The molecule has 108 valence electrons. The molecule has 1 amide bonds. The van der Waals surface area contributed by atoms with Crippen LogP contribution in [0.15, 0.2) is 24.3 Å². The summed E-state index contributed by atoms with van der Waals surface area (Å²) in [5.41, 5.74) is 0.974. The molecule has 0 aliphatic carbocycles. The highest BCUT2D eigenvalue weighted by molar-refractivity contribution is 6.00. The molecule has 0 bridgehead atoms. The molecule has 1 fully saturated rings. The second-order valence-electron chi connectivity index (χ2n) is 5.86. The Hall–Kier alpha value is -1.39. The van der Waals surface area contributed by atoms with Crippen LogP contribution < -0.4 is 4.90 Å². The molecule has 2 aliphatic heterocycles. The lowest BCUT2D eigenvalue weighted by Crippen LogP contribution is -2.47. The lowest BCUT2D eigenvalue weighted by molar-refractivity contribution is -0.136. The number of rotatable bonds is 1. The molecule has 2 heterocycles. The number of carbonyl (C=O) groups is 1. The fourth-order valence-electron chi connectivity index (χ4n) is 3.18. The van der Waals surface area contributed by atoms with Gasteiger partial charge in [0.05, 0.1) is 6.10 Å². The van der Waals surface area contributed by atoms with Crippen molar-refractivity contribution in [3.8, 4) is 0 Å². The number of amides is 1. The number of hydrogen-bond acceptors (Lipinski definition) is 3. The maximum Gasteiger partial charge on any atom is 0.258 e. The third-order valence-corrected chi connectivity index (χ3v) is 4.36. The predicted molar refractivity (Wildman–Crippen MR) is 76.6 cm³/mol. The van der Waals surface area contributed by atoms with Crippen molar-refractivity contribution in [2.45, 2.75) is 44.3 Å². The SMILES string of the molecule is CC1(C(=O)N2CCCC(O)c3ccccc32)CCCO1. The third kappa shape index (κ3) is 2.23. The summed E-state index contributed by atoms with van der Waals surface area (Å²) in [6, 6.07) is 7.64. The summed E-state index contributed by atoms with van der Waals surface area (Å²) >= 11 is 0. The smallest absolute Gasteiger partial charge is 0.258 e. The first kappa shape index (κ1) is 13.6. The van der Waals surface area contributed by atoms with Crippen LogP contribution in [0.5, 0.6) is 0 Å². The highest BCUT2D eigenvalue weighted by atomic mass is 16.5. The monoisotopic (exact) mass is 275 g/mol. The summed E-state index contributed by atoms with van der Waals surface area (Å²) in [7, 11) is 0. The van der Waals surface area contributed by atoms with E-state index in [4.69, 9.17) is 4.74 Å². The number of para-hydroxylation sites is 1. The minimum atomic E-state index is -0.706. The molecule has 2 unspecified atom stereocenters. The van der Waals surface area contributed by atoms with E-state index in [1.54, 1.807) is 4.90 Å². The largest absolute Gasteiger partial charge is 0.388 e. The molecule has 20 heavy (non-hydrogen) atoms. The van der Waals surface area contributed by atoms with Gasteiger partial charge in [0.2, 0.25) is 0 Å². The lowest BCUT2D eigenvalue weighted by Gasteiger charge is -2.31. The average molecular weight is 275 g/mol. The number of benzene rings is 1. The molecule has 0 saturated carbocycles. The quantitative estimate of drug-likeness (QED) is 0.856. The van der Waals surface area contributed by atoms with Crippen molar-refractivity contribution in [2.75, 3.05) is 18.1 Å². The molecule has 3 rings (SSSR count). The van der Waals surface area contributed by atoms with Crippen LogP contribution in [0.1, 0.15) is 44.3 Å². The van der Waals surface area contributed by atoms with Crippen LogP contribution in [-0.4, -0.2) is 29.8 Å². The third-order valence-electron chi connectivity index (χ3n) is 4.36. The van der Waals surface area contributed by atoms with Gasteiger partial charge in [-0.3, -0.25) is 4.79 Å². The average Bonchev–Trinajstić information content (AvgIpc) is 2.84. The van der Waals surface area contributed by atoms with Gasteiger partial charge >= 0.3 is 0 Å². The fraction of sp³-hybridized carbons (Fsp3) is 0.562. The van der Waals surface area contributed by atoms with E-state index < -0.39 is 11.7 Å². The number of carbonyl (C=O) groups excluding carboxylic acids is 1. The maximum atomic E-state index is 12.9. The molecule has 0 radical (unpaired) electrons. The normalized spacial score (nSPS) is 29.9. The standard InChI is InChI=1S/C16H21NO3/c1-16(9-5-11-20-16)15(19)17-10-4-8-14(18)12-6-2-3-7-13(12)17/h2-3,6-7,14,18H,4-5,8-11H2,1H3. The molecule has 1 aromatic carbocycles. The number of nitrogens with zero attached hydrogens (tertiary/aromatic N) is 1. The van der Waals surface area contributed by atoms with E-state index in [-0.39, 0.29) is 5.91 Å². The van der Waals surface area contributed by atoms with Gasteiger partial charge in [0.1, 0.15) is 5.60 Å². The Balaban J connectivity index is 1.97. The minimum absolute atomic E-state index is 0.0246. The number of ether oxygens (including phenoxy) is 1. The Kier molecular flexibility index (Phi) is 3.52. The topological polar surface area (TPSA) is 49.8 Å². The molecule has 4 heteroatoms. The van der Waals surface area contributed by atoms with Crippen molar-refractivity contribution in [1.29, 1.82) is 0 Å². The van der Waals surface area contributed by atoms with E-state index in [1.807, 2.05) is 31.2 Å². The second-order valence-corrected chi connectivity index (χ2v) is 5.86. The Bertz CT molecular complexity index is 508. The van der Waals surface area contributed by atoms with Gasteiger partial charge in [0.25, 0.3) is 5.91 Å². The fourth-order valence-corrected chi connectivity index (χ4v) is 3.18. The van der Waals surface area contributed by atoms with Crippen molar-refractivity contribution < 1.29 is 14.6 Å². The van der Waals surface area contributed by atoms with E-state index >= 15 is 0 Å². The zero-order valence-corrected chi connectivity index (χ0v) is 11.8. The number of aliphatic hydroxyl groups is 1. The van der Waals surface area contributed by atoms with Crippen LogP contribution in [0.2, 0.25) is 0 Å². The molecule has 1 aromatic rings. The molecule has 2 atom stereocenters. The summed E-state index contributed by atoms with van der Waals surface area (Å²) < 4.78 is 5.68. The van der Waals surface area contributed by atoms with Crippen LogP contribution >= 0.6 is 0 Å². The summed E-state index contributed by atoms with van der Waals surface area (Å²) in [4.78, 5) is 14.7. The number of anilines is 1.